The molecule has 0 unspecified atom stereocenters. The van der Waals surface area contributed by atoms with Crippen molar-refractivity contribution in [3.05, 3.63) is 0 Å². The van der Waals surface area contributed by atoms with Gasteiger partial charge in [-0.3, -0.25) is 4.79 Å². The number of methoxy groups -OCH3 is 1. The van der Waals surface area contributed by atoms with E-state index in [0.29, 0.717) is 12.8 Å². The van der Waals surface area contributed by atoms with Crippen LogP contribution >= 0.6 is 0 Å². The van der Waals surface area contributed by atoms with Crippen LogP contribution < -0.4 is 10.6 Å². The fourth-order valence-electron chi connectivity index (χ4n) is 2.01. The fourth-order valence-corrected chi connectivity index (χ4v) is 2.01. The summed E-state index contributed by atoms with van der Waals surface area (Å²) in [6.07, 6.45) is 4.77. The summed E-state index contributed by atoms with van der Waals surface area (Å²) in [6.45, 7) is 5.45. The molecule has 0 saturated heterocycles. The van der Waals surface area contributed by atoms with E-state index in [1.165, 1.54) is 14.0 Å². The lowest BCUT2D eigenvalue weighted by molar-refractivity contribution is -0.143. The normalized spacial score (nSPS) is 13.1. The van der Waals surface area contributed by atoms with Crippen LogP contribution in [0.2, 0.25) is 0 Å². The van der Waals surface area contributed by atoms with Crippen molar-refractivity contribution in [3.8, 4) is 0 Å². The van der Waals surface area contributed by atoms with E-state index < -0.39 is 24.1 Å². The third-order valence-corrected chi connectivity index (χ3v) is 3.26. The topological polar surface area (TPSA) is 84.5 Å². The van der Waals surface area contributed by atoms with Gasteiger partial charge in [-0.1, -0.05) is 39.5 Å². The molecular formula is C15H28N2O4. The summed E-state index contributed by atoms with van der Waals surface area (Å²) in [5.74, 6) is -0.552. The van der Waals surface area contributed by atoms with Gasteiger partial charge in [-0.05, 0) is 19.8 Å². The van der Waals surface area contributed by atoms with Crippen LogP contribution in [0.5, 0.6) is 0 Å². The molecule has 0 bridgehead atoms. The van der Waals surface area contributed by atoms with Crippen LogP contribution in [0.1, 0.15) is 59.3 Å². The molecule has 0 heterocycles. The first-order chi connectivity index (χ1) is 9.96. The highest BCUT2D eigenvalue weighted by Gasteiger charge is 2.23. The number of ketones is 1. The highest BCUT2D eigenvalue weighted by molar-refractivity contribution is 5.88. The van der Waals surface area contributed by atoms with Gasteiger partial charge in [-0.25, -0.2) is 9.59 Å². The molecule has 0 rings (SSSR count). The second-order valence-corrected chi connectivity index (χ2v) is 5.14. The summed E-state index contributed by atoms with van der Waals surface area (Å²) in [6, 6.07) is -1.68. The van der Waals surface area contributed by atoms with E-state index >= 15 is 0 Å². The second kappa shape index (κ2) is 11.1. The van der Waals surface area contributed by atoms with E-state index in [0.717, 1.165) is 25.7 Å². The Balaban J connectivity index is 4.49. The number of esters is 1. The molecule has 122 valence electrons. The van der Waals surface area contributed by atoms with Crippen LogP contribution in [0.15, 0.2) is 0 Å². The van der Waals surface area contributed by atoms with Crippen LogP contribution in [-0.4, -0.2) is 37.0 Å². The van der Waals surface area contributed by atoms with Crippen molar-refractivity contribution in [1.29, 1.82) is 0 Å². The van der Waals surface area contributed by atoms with Crippen molar-refractivity contribution in [2.24, 2.45) is 0 Å². The molecule has 0 aromatic heterocycles. The maximum Gasteiger partial charge on any atom is 0.328 e. The maximum absolute atomic E-state index is 11.9. The molecule has 0 spiro atoms. The summed E-state index contributed by atoms with van der Waals surface area (Å²) in [4.78, 5) is 35.0. The molecule has 6 nitrogen and oxygen atoms in total. The molecule has 0 aliphatic carbocycles. The van der Waals surface area contributed by atoms with Crippen LogP contribution in [0.3, 0.4) is 0 Å². The standard InChI is InChI=1S/C15H28N2O4/c1-5-7-8-10-13(14(19)21-4)17-15(20)16-12(9-6-2)11(3)18/h12-13H,5-10H2,1-4H3,(H2,16,17,20)/t12-,13-/m0/s1. The Kier molecular flexibility index (Phi) is 10.3. The Morgan fingerprint density at radius 2 is 1.57 bits per heavy atom. The van der Waals surface area contributed by atoms with E-state index in [1.54, 1.807) is 0 Å². The SMILES string of the molecule is CCCCC[C@H](NC(=O)N[C@@H](CCC)C(C)=O)C(=O)OC. The quantitative estimate of drug-likeness (QED) is 0.478. The number of urea groups is 1. The zero-order valence-electron chi connectivity index (χ0n) is 13.5. The van der Waals surface area contributed by atoms with Gasteiger partial charge >= 0.3 is 12.0 Å². The van der Waals surface area contributed by atoms with Crippen molar-refractivity contribution in [1.82, 2.24) is 10.6 Å². The number of carbonyl (C=O) groups is 3. The van der Waals surface area contributed by atoms with Crippen molar-refractivity contribution in [2.45, 2.75) is 71.4 Å². The van der Waals surface area contributed by atoms with Gasteiger partial charge in [0.15, 0.2) is 5.78 Å². The Morgan fingerprint density at radius 1 is 0.952 bits per heavy atom. The number of Topliss-reactive ketones (excluding diaryl/α,β-unsaturated/α-hetero) is 1. The Morgan fingerprint density at radius 3 is 2.05 bits per heavy atom. The number of hydrogen-bond acceptors (Lipinski definition) is 4. The van der Waals surface area contributed by atoms with Gasteiger partial charge in [0.25, 0.3) is 0 Å². The number of carbonyl (C=O) groups excluding carboxylic acids is 3. The molecular weight excluding hydrogens is 272 g/mol. The summed E-state index contributed by atoms with van der Waals surface area (Å²) in [5.41, 5.74) is 0. The molecule has 6 heteroatoms. The van der Waals surface area contributed by atoms with Gasteiger partial charge in [0.05, 0.1) is 13.2 Å². The monoisotopic (exact) mass is 300 g/mol. The summed E-state index contributed by atoms with van der Waals surface area (Å²) < 4.78 is 4.70. The number of amides is 2. The molecule has 0 aromatic rings. The first-order valence-corrected chi connectivity index (χ1v) is 7.61. The third kappa shape index (κ3) is 8.32. The first-order valence-electron chi connectivity index (χ1n) is 7.61. The number of ether oxygens (including phenoxy) is 1. The third-order valence-electron chi connectivity index (χ3n) is 3.26. The van der Waals surface area contributed by atoms with E-state index in [9.17, 15) is 14.4 Å². The van der Waals surface area contributed by atoms with Crippen molar-refractivity contribution < 1.29 is 19.1 Å². The molecule has 0 radical (unpaired) electrons. The molecule has 2 atom stereocenters. The van der Waals surface area contributed by atoms with E-state index in [4.69, 9.17) is 4.74 Å². The highest BCUT2D eigenvalue weighted by Crippen LogP contribution is 2.05. The van der Waals surface area contributed by atoms with Crippen LogP contribution in [0.25, 0.3) is 0 Å². The Bertz CT molecular complexity index is 345. The first kappa shape index (κ1) is 19.4. The lowest BCUT2D eigenvalue weighted by atomic mass is 10.1. The van der Waals surface area contributed by atoms with Gasteiger partial charge < -0.3 is 15.4 Å². The Labute approximate surface area is 127 Å². The summed E-state index contributed by atoms with van der Waals surface area (Å²) in [5, 5.41) is 5.20. The van der Waals surface area contributed by atoms with Gasteiger partial charge in [-0.2, -0.15) is 0 Å². The summed E-state index contributed by atoms with van der Waals surface area (Å²) in [7, 11) is 1.30. The molecule has 0 aliphatic heterocycles. The van der Waals surface area contributed by atoms with Gasteiger partial charge in [0.2, 0.25) is 0 Å². The van der Waals surface area contributed by atoms with Gasteiger partial charge in [0.1, 0.15) is 6.04 Å². The average Bonchev–Trinajstić information content (AvgIpc) is 2.45. The molecule has 21 heavy (non-hydrogen) atoms. The van der Waals surface area contributed by atoms with E-state index in [1.807, 2.05) is 6.92 Å². The lowest BCUT2D eigenvalue weighted by Gasteiger charge is -2.20. The zero-order chi connectivity index (χ0) is 16.3. The predicted molar refractivity (Wildman–Crippen MR) is 81.0 cm³/mol. The van der Waals surface area contributed by atoms with Gasteiger partial charge in [-0.15, -0.1) is 0 Å². The largest absolute Gasteiger partial charge is 0.467 e. The molecule has 0 fully saturated rings. The second-order valence-electron chi connectivity index (χ2n) is 5.14. The maximum atomic E-state index is 11.9. The molecule has 0 saturated carbocycles. The van der Waals surface area contributed by atoms with Crippen molar-refractivity contribution >= 4 is 17.8 Å². The van der Waals surface area contributed by atoms with Crippen LogP contribution in [0.4, 0.5) is 4.79 Å². The van der Waals surface area contributed by atoms with Crippen LogP contribution in [-0.2, 0) is 14.3 Å². The fraction of sp³-hybridized carbons (Fsp3) is 0.800. The number of nitrogens with one attached hydrogen (secondary N) is 2. The van der Waals surface area contributed by atoms with Crippen LogP contribution in [0, 0.1) is 0 Å². The predicted octanol–water partition coefficient (Wildman–Crippen LogP) is 2.17. The van der Waals surface area contributed by atoms with Gasteiger partial charge in [0, 0.05) is 0 Å². The van der Waals surface area contributed by atoms with Crippen molar-refractivity contribution in [2.75, 3.05) is 7.11 Å². The molecule has 2 amide bonds. The smallest absolute Gasteiger partial charge is 0.328 e. The van der Waals surface area contributed by atoms with Crippen molar-refractivity contribution in [3.63, 3.8) is 0 Å². The number of unbranched alkanes of at least 4 members (excludes halogenated alkanes) is 2. The molecule has 0 aliphatic rings. The highest BCUT2D eigenvalue weighted by atomic mass is 16.5. The number of hydrogen-bond donors (Lipinski definition) is 2. The van der Waals surface area contributed by atoms with E-state index in [2.05, 4.69) is 17.6 Å². The van der Waals surface area contributed by atoms with E-state index in [-0.39, 0.29) is 5.78 Å². The summed E-state index contributed by atoms with van der Waals surface area (Å²) >= 11 is 0. The Hall–Kier alpha value is -1.59. The number of rotatable bonds is 10. The average molecular weight is 300 g/mol. The lowest BCUT2D eigenvalue weighted by Crippen LogP contribution is -2.50. The zero-order valence-corrected chi connectivity index (χ0v) is 13.5. The minimum Gasteiger partial charge on any atom is -0.467 e. The molecule has 2 N–H and O–H groups in total. The molecule has 0 aromatic carbocycles. The minimum atomic E-state index is -0.671. The minimum absolute atomic E-state index is 0.0902.